The van der Waals surface area contributed by atoms with Crippen LogP contribution >= 0.6 is 11.6 Å². The molecule has 0 atom stereocenters. The molecule has 0 N–H and O–H groups in total. The Morgan fingerprint density at radius 1 is 1.03 bits per heavy atom. The van der Waals surface area contributed by atoms with Gasteiger partial charge in [-0.15, -0.1) is 0 Å². The van der Waals surface area contributed by atoms with E-state index in [2.05, 4.69) is 0 Å². The first-order valence-corrected chi connectivity index (χ1v) is 11.3. The van der Waals surface area contributed by atoms with Crippen LogP contribution in [-0.4, -0.2) is 50.3 Å². The fraction of sp³-hybridized carbons (Fsp3) is 0.381. The van der Waals surface area contributed by atoms with E-state index in [9.17, 15) is 13.2 Å². The lowest BCUT2D eigenvalue weighted by atomic mass is 10.1. The molecule has 0 heterocycles. The molecule has 0 fully saturated rings. The van der Waals surface area contributed by atoms with Crippen molar-refractivity contribution in [2.45, 2.75) is 32.2 Å². The zero-order valence-electron chi connectivity index (χ0n) is 17.2. The fourth-order valence-corrected chi connectivity index (χ4v) is 4.21. The summed E-state index contributed by atoms with van der Waals surface area (Å²) in [5.41, 5.74) is 1.13. The summed E-state index contributed by atoms with van der Waals surface area (Å²) >= 11 is 5.86. The number of carbonyl (C=O) groups excluding carboxylic acids is 1. The van der Waals surface area contributed by atoms with Gasteiger partial charge >= 0.3 is 0 Å². The summed E-state index contributed by atoms with van der Waals surface area (Å²) in [7, 11) is -2.22. The van der Waals surface area contributed by atoms with E-state index < -0.39 is 10.0 Å². The van der Waals surface area contributed by atoms with Crippen LogP contribution in [0.2, 0.25) is 5.02 Å². The summed E-state index contributed by atoms with van der Waals surface area (Å²) in [5, 5.41) is 0.466. The maximum Gasteiger partial charge on any atom is 0.253 e. The van der Waals surface area contributed by atoms with Gasteiger partial charge in [-0.1, -0.05) is 11.6 Å². The van der Waals surface area contributed by atoms with Crippen LogP contribution in [0.1, 0.15) is 36.7 Å². The van der Waals surface area contributed by atoms with Gasteiger partial charge in [-0.05, 0) is 63.2 Å². The molecule has 0 aliphatic carbocycles. The summed E-state index contributed by atoms with van der Waals surface area (Å²) in [4.78, 5) is 14.6. The Morgan fingerprint density at radius 3 is 2.21 bits per heavy atom. The molecule has 0 aliphatic heterocycles. The number of amides is 1. The minimum atomic E-state index is -3.72. The van der Waals surface area contributed by atoms with E-state index in [0.29, 0.717) is 41.6 Å². The zero-order chi connectivity index (χ0) is 21.6. The van der Waals surface area contributed by atoms with E-state index in [1.807, 2.05) is 20.8 Å². The summed E-state index contributed by atoms with van der Waals surface area (Å²) in [5.74, 6) is 0.462. The van der Waals surface area contributed by atoms with Gasteiger partial charge in [0, 0.05) is 42.8 Å². The second kappa shape index (κ2) is 10.1. The van der Waals surface area contributed by atoms with Gasteiger partial charge in [-0.25, -0.2) is 8.42 Å². The van der Waals surface area contributed by atoms with E-state index in [4.69, 9.17) is 16.3 Å². The Hall–Kier alpha value is -2.09. The molecular weight excluding hydrogens is 412 g/mol. The number of benzene rings is 2. The number of nitrogens with zero attached hydrogens (tertiary/aromatic N) is 2. The monoisotopic (exact) mass is 438 g/mol. The summed E-state index contributed by atoms with van der Waals surface area (Å²) < 4.78 is 32.7. The molecule has 0 saturated heterocycles. The molecule has 0 saturated carbocycles. The number of ether oxygens (including phenoxy) is 1. The van der Waals surface area contributed by atoms with Gasteiger partial charge in [0.05, 0.1) is 11.5 Å². The van der Waals surface area contributed by atoms with E-state index in [1.54, 1.807) is 23.1 Å². The molecule has 2 aromatic rings. The molecule has 2 rings (SSSR count). The van der Waals surface area contributed by atoms with E-state index in [1.165, 1.54) is 35.6 Å². The lowest BCUT2D eigenvalue weighted by Gasteiger charge is -2.22. The molecule has 0 aliphatic rings. The number of carbonyl (C=O) groups is 1. The van der Waals surface area contributed by atoms with Crippen LogP contribution in [0.3, 0.4) is 0 Å². The van der Waals surface area contributed by atoms with E-state index >= 15 is 0 Å². The highest BCUT2D eigenvalue weighted by molar-refractivity contribution is 7.89. The molecule has 0 unspecified atom stereocenters. The Morgan fingerprint density at radius 2 is 1.66 bits per heavy atom. The van der Waals surface area contributed by atoms with Crippen LogP contribution in [0.5, 0.6) is 5.75 Å². The van der Waals surface area contributed by atoms with Crippen molar-refractivity contribution in [3.05, 3.63) is 58.6 Å². The predicted molar refractivity (Wildman–Crippen MR) is 115 cm³/mol. The first-order chi connectivity index (χ1) is 13.7. The molecular formula is C21H27ClN2O4S. The third kappa shape index (κ3) is 5.50. The fourth-order valence-electron chi connectivity index (χ4n) is 2.94. The molecule has 8 heteroatoms. The Bertz CT molecular complexity index is 942. The van der Waals surface area contributed by atoms with Crippen LogP contribution in [0.25, 0.3) is 0 Å². The summed E-state index contributed by atoms with van der Waals surface area (Å²) in [6.45, 7) is 7.40. The summed E-state index contributed by atoms with van der Waals surface area (Å²) in [6.07, 6.45) is 0. The maximum atomic E-state index is 12.9. The normalized spacial score (nSPS) is 11.5. The molecule has 0 radical (unpaired) electrons. The van der Waals surface area contributed by atoms with Crippen molar-refractivity contribution in [3.63, 3.8) is 0 Å². The smallest absolute Gasteiger partial charge is 0.253 e. The first-order valence-electron chi connectivity index (χ1n) is 9.51. The molecule has 6 nitrogen and oxygen atoms in total. The second-order valence-electron chi connectivity index (χ2n) is 6.45. The lowest BCUT2D eigenvalue weighted by Crippen LogP contribution is -2.31. The van der Waals surface area contributed by atoms with Gasteiger partial charge in [-0.3, -0.25) is 4.79 Å². The van der Waals surface area contributed by atoms with Gasteiger partial charge in [0.2, 0.25) is 10.0 Å². The average Bonchev–Trinajstić information content (AvgIpc) is 2.70. The van der Waals surface area contributed by atoms with Gasteiger partial charge < -0.3 is 9.64 Å². The molecule has 2 aromatic carbocycles. The minimum Gasteiger partial charge on any atom is -0.494 e. The van der Waals surface area contributed by atoms with Crippen molar-refractivity contribution in [1.82, 2.24) is 9.21 Å². The lowest BCUT2D eigenvalue weighted by molar-refractivity contribution is 0.0773. The number of hydrogen-bond donors (Lipinski definition) is 0. The molecule has 29 heavy (non-hydrogen) atoms. The Balaban J connectivity index is 2.37. The molecule has 0 aromatic heterocycles. The maximum absolute atomic E-state index is 12.9. The van der Waals surface area contributed by atoms with Crippen molar-refractivity contribution in [1.29, 1.82) is 0 Å². The van der Waals surface area contributed by atoms with Crippen molar-refractivity contribution in [3.8, 4) is 5.75 Å². The quantitative estimate of drug-likeness (QED) is 0.592. The predicted octanol–water partition coefficient (Wildman–Crippen LogP) is 4.04. The molecule has 1 amide bonds. The van der Waals surface area contributed by atoms with Gasteiger partial charge in [0.25, 0.3) is 5.91 Å². The third-order valence-electron chi connectivity index (χ3n) is 4.57. The van der Waals surface area contributed by atoms with Crippen molar-refractivity contribution in [2.75, 3.05) is 26.7 Å². The second-order valence-corrected chi connectivity index (χ2v) is 8.93. The standard InChI is InChI=1S/C21H27ClN2O4S/c1-5-24(6-2)21(25)16-8-13-20(28-7-3)17(14-16)15-23(4)29(26,27)19-11-9-18(22)10-12-19/h8-14H,5-7,15H2,1-4H3. The highest BCUT2D eigenvalue weighted by atomic mass is 35.5. The Labute approximate surface area is 178 Å². The van der Waals surface area contributed by atoms with Gasteiger partial charge in [0.1, 0.15) is 5.75 Å². The third-order valence-corrected chi connectivity index (χ3v) is 6.64. The highest BCUT2D eigenvalue weighted by Gasteiger charge is 2.23. The topological polar surface area (TPSA) is 66.9 Å². The van der Waals surface area contributed by atoms with E-state index in [0.717, 1.165) is 0 Å². The summed E-state index contributed by atoms with van der Waals surface area (Å²) in [6, 6.07) is 11.2. The van der Waals surface area contributed by atoms with Crippen LogP contribution in [0.4, 0.5) is 0 Å². The minimum absolute atomic E-state index is 0.0691. The van der Waals surface area contributed by atoms with Gasteiger partial charge in [0.15, 0.2) is 0 Å². The SMILES string of the molecule is CCOc1ccc(C(=O)N(CC)CC)cc1CN(C)S(=O)(=O)c1ccc(Cl)cc1. The van der Waals surface area contributed by atoms with Crippen molar-refractivity contribution >= 4 is 27.5 Å². The Kier molecular flexibility index (Phi) is 8.07. The number of hydrogen-bond acceptors (Lipinski definition) is 4. The molecule has 0 spiro atoms. The average molecular weight is 439 g/mol. The van der Waals surface area contributed by atoms with Gasteiger partial charge in [-0.2, -0.15) is 4.31 Å². The van der Waals surface area contributed by atoms with Crippen molar-refractivity contribution in [2.24, 2.45) is 0 Å². The van der Waals surface area contributed by atoms with Crippen LogP contribution in [-0.2, 0) is 16.6 Å². The van der Waals surface area contributed by atoms with E-state index in [-0.39, 0.29) is 17.3 Å². The van der Waals surface area contributed by atoms with Crippen LogP contribution in [0, 0.1) is 0 Å². The van der Waals surface area contributed by atoms with Crippen LogP contribution in [0.15, 0.2) is 47.4 Å². The first kappa shape index (κ1) is 23.2. The molecule has 0 bridgehead atoms. The number of rotatable bonds is 9. The number of sulfonamides is 1. The molecule has 158 valence electrons. The zero-order valence-corrected chi connectivity index (χ0v) is 18.8. The van der Waals surface area contributed by atoms with Crippen LogP contribution < -0.4 is 4.74 Å². The number of halogens is 1. The largest absolute Gasteiger partial charge is 0.494 e. The van der Waals surface area contributed by atoms with Crippen molar-refractivity contribution < 1.29 is 17.9 Å². The highest BCUT2D eigenvalue weighted by Crippen LogP contribution is 2.25.